The van der Waals surface area contributed by atoms with Gasteiger partial charge >= 0.3 is 0 Å². The Hall–Kier alpha value is -2.53. The summed E-state index contributed by atoms with van der Waals surface area (Å²) < 4.78 is 0. The predicted octanol–water partition coefficient (Wildman–Crippen LogP) is 4.98. The smallest absolute Gasteiger partial charge is 0.156 e. The molecule has 1 aliphatic heterocycles. The number of hydrogen-bond acceptors (Lipinski definition) is 5. The van der Waals surface area contributed by atoms with Gasteiger partial charge in [-0.15, -0.1) is 0 Å². The second-order valence-electron chi connectivity index (χ2n) is 7.45. The zero-order chi connectivity index (χ0) is 19.3. The molecule has 0 radical (unpaired) electrons. The van der Waals surface area contributed by atoms with Gasteiger partial charge in [-0.05, 0) is 49.8 Å². The summed E-state index contributed by atoms with van der Waals surface area (Å²) in [4.78, 5) is 12.4. The second-order valence-corrected chi connectivity index (χ2v) is 8.51. The molecule has 0 atom stereocenters. The average molecular weight is 391 g/mol. The molecule has 0 aliphatic carbocycles. The minimum Gasteiger partial charge on any atom is -0.394 e. The van der Waals surface area contributed by atoms with E-state index in [4.69, 9.17) is 5.73 Å². The lowest BCUT2D eigenvalue weighted by molar-refractivity contribution is 0.402. The molecular weight excluding hydrogens is 364 g/mol. The van der Waals surface area contributed by atoms with Gasteiger partial charge in [0.2, 0.25) is 0 Å². The maximum atomic E-state index is 6.46. The summed E-state index contributed by atoms with van der Waals surface area (Å²) in [5.41, 5.74) is 9.83. The number of aromatic nitrogens is 2. The first-order chi connectivity index (χ1) is 13.7. The summed E-state index contributed by atoms with van der Waals surface area (Å²) in [6.07, 6.45) is 5.12. The summed E-state index contributed by atoms with van der Waals surface area (Å²) in [5.74, 6) is 1.60. The number of nitrogens with two attached hydrogens (primary N) is 1. The Morgan fingerprint density at radius 3 is 2.43 bits per heavy atom. The molecule has 28 heavy (non-hydrogen) atoms. The minimum atomic E-state index is 0.689. The van der Waals surface area contributed by atoms with Crippen LogP contribution in [0.2, 0.25) is 0 Å². The van der Waals surface area contributed by atoms with Crippen LogP contribution in [0.1, 0.15) is 24.0 Å². The Kier molecular flexibility index (Phi) is 5.81. The molecule has 4 nitrogen and oxygen atoms in total. The van der Waals surface area contributed by atoms with Crippen molar-refractivity contribution < 1.29 is 0 Å². The van der Waals surface area contributed by atoms with Crippen LogP contribution in [-0.2, 0) is 6.42 Å². The quantitative estimate of drug-likeness (QED) is 0.623. The monoisotopic (exact) mass is 390 g/mol. The van der Waals surface area contributed by atoms with Crippen molar-refractivity contribution in [2.24, 2.45) is 5.92 Å². The van der Waals surface area contributed by atoms with E-state index in [1.54, 1.807) is 18.1 Å². The molecular formula is C23H26N4S. The number of hydrogen-bond donors (Lipinski definition) is 1. The highest BCUT2D eigenvalue weighted by Gasteiger charge is 2.23. The number of nitrogen functional groups attached to an aromatic ring is 1. The lowest BCUT2D eigenvalue weighted by Crippen LogP contribution is -2.35. The lowest BCUT2D eigenvalue weighted by Gasteiger charge is -2.33. The van der Waals surface area contributed by atoms with Crippen LogP contribution in [-0.4, -0.2) is 23.1 Å². The summed E-state index contributed by atoms with van der Waals surface area (Å²) >= 11 is 1.60. The topological polar surface area (TPSA) is 55.0 Å². The third-order valence-corrected chi connectivity index (χ3v) is 6.37. The molecule has 5 heteroatoms. The fourth-order valence-electron chi connectivity index (χ4n) is 3.72. The van der Waals surface area contributed by atoms with Crippen LogP contribution in [0, 0.1) is 12.8 Å². The third kappa shape index (κ3) is 4.47. The highest BCUT2D eigenvalue weighted by molar-refractivity contribution is 7.99. The molecule has 2 N–H and O–H groups in total. The Bertz CT molecular complexity index is 904. The molecule has 1 fully saturated rings. The Morgan fingerprint density at radius 2 is 1.71 bits per heavy atom. The van der Waals surface area contributed by atoms with Gasteiger partial charge in [-0.2, -0.15) is 0 Å². The summed E-state index contributed by atoms with van der Waals surface area (Å²) in [6.45, 7) is 4.08. The molecule has 2 heterocycles. The Balaban J connectivity index is 1.41. The molecule has 0 spiro atoms. The van der Waals surface area contributed by atoms with Crippen molar-refractivity contribution in [1.29, 1.82) is 0 Å². The van der Waals surface area contributed by atoms with E-state index in [0.29, 0.717) is 5.69 Å². The van der Waals surface area contributed by atoms with Crippen molar-refractivity contribution in [2.75, 3.05) is 23.7 Å². The zero-order valence-electron chi connectivity index (χ0n) is 16.2. The van der Waals surface area contributed by atoms with Gasteiger partial charge < -0.3 is 10.6 Å². The van der Waals surface area contributed by atoms with E-state index in [9.17, 15) is 0 Å². The van der Waals surface area contributed by atoms with Crippen LogP contribution in [0.5, 0.6) is 0 Å². The van der Waals surface area contributed by atoms with Crippen LogP contribution in [0.4, 0.5) is 11.5 Å². The third-order valence-electron chi connectivity index (χ3n) is 5.34. The molecule has 144 valence electrons. The Morgan fingerprint density at radius 1 is 1.00 bits per heavy atom. The fourth-order valence-corrected chi connectivity index (χ4v) is 4.51. The SMILES string of the molecule is Cc1ccc(Sc2ncnc(N3CCC(Cc4ccccc4)CC3)c2N)cc1. The second kappa shape index (κ2) is 8.65. The van der Waals surface area contributed by atoms with Gasteiger partial charge in [-0.25, -0.2) is 9.97 Å². The van der Waals surface area contributed by atoms with Crippen LogP contribution < -0.4 is 10.6 Å². The molecule has 0 bridgehead atoms. The van der Waals surface area contributed by atoms with E-state index in [0.717, 1.165) is 41.2 Å². The normalized spacial score (nSPS) is 15.0. The average Bonchev–Trinajstić information content (AvgIpc) is 2.73. The highest BCUT2D eigenvalue weighted by atomic mass is 32.2. The first-order valence-corrected chi connectivity index (χ1v) is 10.6. The van der Waals surface area contributed by atoms with E-state index < -0.39 is 0 Å². The minimum absolute atomic E-state index is 0.689. The summed E-state index contributed by atoms with van der Waals surface area (Å²) in [6, 6.07) is 19.2. The van der Waals surface area contributed by atoms with E-state index >= 15 is 0 Å². The van der Waals surface area contributed by atoms with Gasteiger partial charge in [0, 0.05) is 18.0 Å². The molecule has 1 saturated heterocycles. The first kappa shape index (κ1) is 18.8. The molecule has 0 saturated carbocycles. The van der Waals surface area contributed by atoms with Crippen LogP contribution in [0.15, 0.2) is 70.8 Å². The molecule has 1 aromatic heterocycles. The van der Waals surface area contributed by atoms with Crippen LogP contribution in [0.3, 0.4) is 0 Å². The molecule has 0 amide bonds. The van der Waals surface area contributed by atoms with Gasteiger partial charge in [0.05, 0.1) is 0 Å². The zero-order valence-corrected chi connectivity index (χ0v) is 17.0. The van der Waals surface area contributed by atoms with Crippen molar-refractivity contribution in [1.82, 2.24) is 9.97 Å². The van der Waals surface area contributed by atoms with Crippen molar-refractivity contribution in [2.45, 2.75) is 36.1 Å². The van der Waals surface area contributed by atoms with Crippen molar-refractivity contribution in [3.63, 3.8) is 0 Å². The summed E-state index contributed by atoms with van der Waals surface area (Å²) in [5, 5.41) is 0.834. The number of piperidine rings is 1. The number of anilines is 2. The molecule has 0 unspecified atom stereocenters. The fraction of sp³-hybridized carbons (Fsp3) is 0.304. The summed E-state index contributed by atoms with van der Waals surface area (Å²) in [7, 11) is 0. The number of rotatable bonds is 5. The van der Waals surface area contributed by atoms with E-state index in [-0.39, 0.29) is 0 Å². The van der Waals surface area contributed by atoms with E-state index in [2.05, 4.69) is 76.4 Å². The number of aryl methyl sites for hydroxylation is 1. The van der Waals surface area contributed by atoms with Crippen molar-refractivity contribution >= 4 is 23.3 Å². The maximum absolute atomic E-state index is 6.46. The van der Waals surface area contributed by atoms with E-state index in [1.165, 1.54) is 24.0 Å². The highest BCUT2D eigenvalue weighted by Crippen LogP contribution is 2.36. The Labute approximate surface area is 171 Å². The van der Waals surface area contributed by atoms with E-state index in [1.807, 2.05) is 0 Å². The lowest BCUT2D eigenvalue weighted by atomic mass is 9.90. The van der Waals surface area contributed by atoms with Gasteiger partial charge in [0.15, 0.2) is 5.82 Å². The molecule has 1 aliphatic rings. The largest absolute Gasteiger partial charge is 0.394 e. The van der Waals surface area contributed by atoms with Gasteiger partial charge in [-0.1, -0.05) is 59.8 Å². The molecule has 2 aromatic carbocycles. The number of nitrogens with zero attached hydrogens (tertiary/aromatic N) is 3. The van der Waals surface area contributed by atoms with Gasteiger partial charge in [0.1, 0.15) is 17.0 Å². The standard InChI is InChI=1S/C23H26N4S/c1-17-7-9-20(10-8-17)28-23-21(24)22(25-16-26-23)27-13-11-19(12-14-27)15-18-5-3-2-4-6-18/h2-10,16,19H,11-15,24H2,1H3. The first-order valence-electron chi connectivity index (χ1n) is 9.83. The van der Waals surface area contributed by atoms with Crippen molar-refractivity contribution in [3.05, 3.63) is 72.1 Å². The van der Waals surface area contributed by atoms with Crippen LogP contribution >= 0.6 is 11.8 Å². The predicted molar refractivity (Wildman–Crippen MR) is 117 cm³/mol. The molecule has 3 aromatic rings. The van der Waals surface area contributed by atoms with Gasteiger partial charge in [0.25, 0.3) is 0 Å². The molecule has 4 rings (SSSR count). The number of benzene rings is 2. The van der Waals surface area contributed by atoms with Crippen LogP contribution in [0.25, 0.3) is 0 Å². The van der Waals surface area contributed by atoms with Gasteiger partial charge in [-0.3, -0.25) is 0 Å². The van der Waals surface area contributed by atoms with Crippen molar-refractivity contribution in [3.8, 4) is 0 Å². The maximum Gasteiger partial charge on any atom is 0.156 e.